The molecule has 3 heteroatoms. The third-order valence-electron chi connectivity index (χ3n) is 3.42. The van der Waals surface area contributed by atoms with Gasteiger partial charge in [0.15, 0.2) is 0 Å². The van der Waals surface area contributed by atoms with Crippen LogP contribution in [-0.4, -0.2) is 49.8 Å². The molecule has 1 aliphatic rings. The summed E-state index contributed by atoms with van der Waals surface area (Å²) >= 11 is 0. The van der Waals surface area contributed by atoms with Gasteiger partial charge in [0, 0.05) is 25.2 Å². The van der Waals surface area contributed by atoms with E-state index in [1.165, 1.54) is 12.8 Å². The monoisotopic (exact) mass is 242 g/mol. The number of ether oxygens (including phenoxy) is 1. The van der Waals surface area contributed by atoms with Gasteiger partial charge in [-0.15, -0.1) is 0 Å². The molecule has 1 unspecified atom stereocenters. The molecule has 0 aromatic carbocycles. The van der Waals surface area contributed by atoms with Crippen LogP contribution >= 0.6 is 0 Å². The van der Waals surface area contributed by atoms with E-state index in [0.717, 1.165) is 25.7 Å². The van der Waals surface area contributed by atoms with Gasteiger partial charge in [-0.1, -0.05) is 27.7 Å². The van der Waals surface area contributed by atoms with Crippen LogP contribution in [0.2, 0.25) is 0 Å². The van der Waals surface area contributed by atoms with Crippen molar-refractivity contribution in [1.82, 2.24) is 10.2 Å². The highest BCUT2D eigenvalue weighted by atomic mass is 16.5. The van der Waals surface area contributed by atoms with E-state index in [-0.39, 0.29) is 0 Å². The summed E-state index contributed by atoms with van der Waals surface area (Å²) < 4.78 is 6.00. The Hall–Kier alpha value is -0.120. The van der Waals surface area contributed by atoms with Gasteiger partial charge in [0.25, 0.3) is 0 Å². The summed E-state index contributed by atoms with van der Waals surface area (Å²) in [4.78, 5) is 2.42. The van der Waals surface area contributed by atoms with Crippen molar-refractivity contribution in [3.05, 3.63) is 0 Å². The van der Waals surface area contributed by atoms with Crippen molar-refractivity contribution in [1.29, 1.82) is 0 Å². The summed E-state index contributed by atoms with van der Waals surface area (Å²) in [6.07, 6.45) is 3.09. The normalized spacial score (nSPS) is 18.4. The number of nitrogens with one attached hydrogen (secondary N) is 1. The van der Waals surface area contributed by atoms with E-state index in [4.69, 9.17) is 4.74 Å². The first-order valence-corrected chi connectivity index (χ1v) is 7.06. The molecular weight excluding hydrogens is 212 g/mol. The second-order valence-electron chi connectivity index (χ2n) is 5.93. The molecule has 1 atom stereocenters. The van der Waals surface area contributed by atoms with Gasteiger partial charge < -0.3 is 15.0 Å². The van der Waals surface area contributed by atoms with E-state index < -0.39 is 0 Å². The molecule has 0 aliphatic heterocycles. The molecule has 0 heterocycles. The topological polar surface area (TPSA) is 24.5 Å². The van der Waals surface area contributed by atoms with Crippen LogP contribution < -0.4 is 5.32 Å². The number of likely N-dealkylation sites (N-methyl/N-ethyl adjacent to an activating group) is 1. The Balaban J connectivity index is 2.14. The van der Waals surface area contributed by atoms with Crippen LogP contribution in [-0.2, 0) is 4.74 Å². The number of rotatable bonds is 9. The lowest BCUT2D eigenvalue weighted by Gasteiger charge is -2.25. The fraction of sp³-hybridized carbons (Fsp3) is 1.00. The lowest BCUT2D eigenvalue weighted by atomic mass is 10.1. The first-order chi connectivity index (χ1) is 8.00. The van der Waals surface area contributed by atoms with Gasteiger partial charge >= 0.3 is 0 Å². The third kappa shape index (κ3) is 6.39. The number of hydrogen-bond donors (Lipinski definition) is 1. The Morgan fingerprint density at radius 2 is 1.88 bits per heavy atom. The zero-order valence-corrected chi connectivity index (χ0v) is 12.2. The fourth-order valence-electron chi connectivity index (χ4n) is 1.88. The van der Waals surface area contributed by atoms with Crippen molar-refractivity contribution >= 4 is 0 Å². The molecule has 102 valence electrons. The predicted molar refractivity (Wildman–Crippen MR) is 73.4 cm³/mol. The Morgan fingerprint density at radius 1 is 1.24 bits per heavy atom. The van der Waals surface area contributed by atoms with E-state index in [1.54, 1.807) is 0 Å². The molecule has 0 aromatic rings. The minimum absolute atomic E-state index is 0.338. The van der Waals surface area contributed by atoms with Crippen LogP contribution in [0.3, 0.4) is 0 Å². The van der Waals surface area contributed by atoms with Crippen LogP contribution in [0.15, 0.2) is 0 Å². The van der Waals surface area contributed by atoms with Gasteiger partial charge in [0.1, 0.15) is 0 Å². The van der Waals surface area contributed by atoms with Crippen LogP contribution in [0.1, 0.15) is 40.5 Å². The summed E-state index contributed by atoms with van der Waals surface area (Å²) in [5, 5.41) is 3.46. The lowest BCUT2D eigenvalue weighted by Crippen LogP contribution is -2.38. The van der Waals surface area contributed by atoms with Crippen molar-refractivity contribution in [3.8, 4) is 0 Å². The molecule has 1 fully saturated rings. The highest BCUT2D eigenvalue weighted by Gasteiger charge is 2.25. The fourth-order valence-corrected chi connectivity index (χ4v) is 1.88. The molecule has 0 saturated heterocycles. The highest BCUT2D eigenvalue weighted by Crippen LogP contribution is 2.24. The molecule has 0 bridgehead atoms. The van der Waals surface area contributed by atoms with Gasteiger partial charge in [-0.2, -0.15) is 0 Å². The molecule has 0 amide bonds. The van der Waals surface area contributed by atoms with Crippen LogP contribution in [0, 0.1) is 5.92 Å². The molecule has 0 aromatic heterocycles. The maximum Gasteiger partial charge on any atom is 0.0723 e. The quantitative estimate of drug-likeness (QED) is 0.670. The molecule has 1 N–H and O–H groups in total. The zero-order chi connectivity index (χ0) is 12.8. The lowest BCUT2D eigenvalue weighted by molar-refractivity contribution is 0.0121. The van der Waals surface area contributed by atoms with Crippen molar-refractivity contribution in [3.63, 3.8) is 0 Å². The first kappa shape index (κ1) is 14.9. The largest absolute Gasteiger partial charge is 0.375 e. The second-order valence-corrected chi connectivity index (χ2v) is 5.93. The smallest absolute Gasteiger partial charge is 0.0723 e. The average Bonchev–Trinajstić information content (AvgIpc) is 3.05. The molecule has 17 heavy (non-hydrogen) atoms. The SMILES string of the molecule is CC(C)NCC(OCCN(C)C1CC1)C(C)C. The third-order valence-corrected chi connectivity index (χ3v) is 3.42. The summed E-state index contributed by atoms with van der Waals surface area (Å²) in [7, 11) is 2.21. The summed E-state index contributed by atoms with van der Waals surface area (Å²) in [6, 6.07) is 1.37. The minimum Gasteiger partial charge on any atom is -0.375 e. The second kappa shape index (κ2) is 7.34. The maximum atomic E-state index is 6.00. The average molecular weight is 242 g/mol. The van der Waals surface area contributed by atoms with E-state index >= 15 is 0 Å². The van der Waals surface area contributed by atoms with E-state index in [9.17, 15) is 0 Å². The molecule has 3 nitrogen and oxygen atoms in total. The summed E-state index contributed by atoms with van der Waals surface area (Å²) in [6.45, 7) is 11.7. The summed E-state index contributed by atoms with van der Waals surface area (Å²) in [5.74, 6) is 0.576. The van der Waals surface area contributed by atoms with Gasteiger partial charge in [0.05, 0.1) is 12.7 Å². The Bertz CT molecular complexity index is 202. The van der Waals surface area contributed by atoms with Crippen LogP contribution in [0.4, 0.5) is 0 Å². The molecule has 1 saturated carbocycles. The molecular formula is C14H30N2O. The van der Waals surface area contributed by atoms with Crippen molar-refractivity contribution in [2.24, 2.45) is 5.92 Å². The summed E-state index contributed by atoms with van der Waals surface area (Å²) in [5.41, 5.74) is 0. The van der Waals surface area contributed by atoms with Crippen molar-refractivity contribution in [2.75, 3.05) is 26.7 Å². The van der Waals surface area contributed by atoms with E-state index in [0.29, 0.717) is 18.1 Å². The number of hydrogen-bond acceptors (Lipinski definition) is 3. The van der Waals surface area contributed by atoms with Gasteiger partial charge in [-0.05, 0) is 25.8 Å². The van der Waals surface area contributed by atoms with Gasteiger partial charge in [0.2, 0.25) is 0 Å². The highest BCUT2D eigenvalue weighted by molar-refractivity contribution is 4.82. The van der Waals surface area contributed by atoms with Gasteiger partial charge in [-0.25, -0.2) is 0 Å². The van der Waals surface area contributed by atoms with Crippen molar-refractivity contribution in [2.45, 2.75) is 58.7 Å². The van der Waals surface area contributed by atoms with E-state index in [2.05, 4.69) is 45.0 Å². The van der Waals surface area contributed by atoms with E-state index in [1.807, 2.05) is 0 Å². The molecule has 0 radical (unpaired) electrons. The van der Waals surface area contributed by atoms with Crippen molar-refractivity contribution < 1.29 is 4.74 Å². The Kier molecular flexibility index (Phi) is 6.45. The first-order valence-electron chi connectivity index (χ1n) is 7.06. The Labute approximate surface area is 107 Å². The standard InChI is InChI=1S/C14H30N2O/c1-11(2)14(10-15-12(3)4)17-9-8-16(5)13-6-7-13/h11-15H,6-10H2,1-5H3. The molecule has 0 spiro atoms. The van der Waals surface area contributed by atoms with Crippen LogP contribution in [0.25, 0.3) is 0 Å². The number of nitrogens with zero attached hydrogens (tertiary/aromatic N) is 1. The van der Waals surface area contributed by atoms with Gasteiger partial charge in [-0.3, -0.25) is 0 Å². The molecule has 1 rings (SSSR count). The molecule has 1 aliphatic carbocycles. The maximum absolute atomic E-state index is 6.00. The van der Waals surface area contributed by atoms with Crippen LogP contribution in [0.5, 0.6) is 0 Å². The Morgan fingerprint density at radius 3 is 2.35 bits per heavy atom. The minimum atomic E-state index is 0.338. The zero-order valence-electron chi connectivity index (χ0n) is 12.2. The predicted octanol–water partition coefficient (Wildman–Crippen LogP) is 2.12.